The molecule has 1 aromatic rings. The quantitative estimate of drug-likeness (QED) is 0.776. The van der Waals surface area contributed by atoms with E-state index in [1.807, 2.05) is 49.9 Å². The molecule has 1 aliphatic rings. The Kier molecular flexibility index (Phi) is 6.46. The Morgan fingerprint density at radius 1 is 1.12 bits per heavy atom. The van der Waals surface area contributed by atoms with Gasteiger partial charge in [0.25, 0.3) is 0 Å². The van der Waals surface area contributed by atoms with Gasteiger partial charge in [0.15, 0.2) is 0 Å². The third-order valence-corrected chi connectivity index (χ3v) is 4.16. The average Bonchev–Trinajstić information content (AvgIpc) is 2.57. The SMILES string of the molecule is CCNC(=O)N1CCC(Nc2ccc(NC(=O)C(C)C)cc2)CC1. The summed E-state index contributed by atoms with van der Waals surface area (Å²) in [6.07, 6.45) is 1.87. The van der Waals surface area contributed by atoms with E-state index in [4.69, 9.17) is 0 Å². The fraction of sp³-hybridized carbons (Fsp3) is 0.556. The topological polar surface area (TPSA) is 73.5 Å². The highest BCUT2D eigenvalue weighted by atomic mass is 16.2. The minimum absolute atomic E-state index is 0.0217. The van der Waals surface area contributed by atoms with Gasteiger partial charge in [-0.05, 0) is 44.0 Å². The molecule has 1 fully saturated rings. The van der Waals surface area contributed by atoms with Crippen molar-refractivity contribution in [3.05, 3.63) is 24.3 Å². The van der Waals surface area contributed by atoms with Crippen LogP contribution >= 0.6 is 0 Å². The molecule has 0 aliphatic carbocycles. The Labute approximate surface area is 144 Å². The number of carbonyl (C=O) groups excluding carboxylic acids is 2. The number of urea groups is 1. The van der Waals surface area contributed by atoms with Crippen molar-refractivity contribution < 1.29 is 9.59 Å². The van der Waals surface area contributed by atoms with Crippen LogP contribution in [-0.2, 0) is 4.79 Å². The van der Waals surface area contributed by atoms with Crippen LogP contribution in [0.3, 0.4) is 0 Å². The van der Waals surface area contributed by atoms with Crippen LogP contribution in [-0.4, -0.2) is 42.5 Å². The predicted molar refractivity (Wildman–Crippen MR) is 97.2 cm³/mol. The molecule has 1 saturated heterocycles. The van der Waals surface area contributed by atoms with Gasteiger partial charge in [0.1, 0.15) is 0 Å². The minimum atomic E-state index is -0.0297. The van der Waals surface area contributed by atoms with Crippen LogP contribution in [0.2, 0.25) is 0 Å². The largest absolute Gasteiger partial charge is 0.382 e. The second kappa shape index (κ2) is 8.57. The third-order valence-electron chi connectivity index (χ3n) is 4.16. The lowest BCUT2D eigenvalue weighted by molar-refractivity contribution is -0.118. The highest BCUT2D eigenvalue weighted by Crippen LogP contribution is 2.19. The number of hydrogen-bond donors (Lipinski definition) is 3. The number of hydrogen-bond acceptors (Lipinski definition) is 3. The summed E-state index contributed by atoms with van der Waals surface area (Å²) >= 11 is 0. The zero-order chi connectivity index (χ0) is 17.5. The number of nitrogens with one attached hydrogen (secondary N) is 3. The van der Waals surface area contributed by atoms with Gasteiger partial charge in [-0.3, -0.25) is 4.79 Å². The van der Waals surface area contributed by atoms with E-state index in [1.54, 1.807) is 0 Å². The van der Waals surface area contributed by atoms with E-state index < -0.39 is 0 Å². The molecule has 0 radical (unpaired) electrons. The van der Waals surface area contributed by atoms with Crippen molar-refractivity contribution in [1.82, 2.24) is 10.2 Å². The Balaban J connectivity index is 1.80. The first-order valence-corrected chi connectivity index (χ1v) is 8.69. The summed E-state index contributed by atoms with van der Waals surface area (Å²) in [7, 11) is 0. The van der Waals surface area contributed by atoms with E-state index in [1.165, 1.54) is 0 Å². The van der Waals surface area contributed by atoms with Gasteiger partial charge in [0.2, 0.25) is 5.91 Å². The van der Waals surface area contributed by atoms with E-state index in [-0.39, 0.29) is 17.9 Å². The summed E-state index contributed by atoms with van der Waals surface area (Å²) in [5, 5.41) is 9.23. The molecule has 1 aromatic carbocycles. The van der Waals surface area contributed by atoms with E-state index in [9.17, 15) is 9.59 Å². The van der Waals surface area contributed by atoms with Gasteiger partial charge in [-0.15, -0.1) is 0 Å². The normalized spacial score (nSPS) is 15.2. The van der Waals surface area contributed by atoms with Gasteiger partial charge in [0.05, 0.1) is 0 Å². The molecule has 6 nitrogen and oxygen atoms in total. The maximum atomic E-state index is 11.8. The van der Waals surface area contributed by atoms with Gasteiger partial charge >= 0.3 is 6.03 Å². The smallest absolute Gasteiger partial charge is 0.317 e. The van der Waals surface area contributed by atoms with Gasteiger partial charge < -0.3 is 20.9 Å². The first-order chi connectivity index (χ1) is 11.5. The molecule has 0 bridgehead atoms. The summed E-state index contributed by atoms with van der Waals surface area (Å²) < 4.78 is 0. The van der Waals surface area contributed by atoms with Crippen LogP contribution in [0.15, 0.2) is 24.3 Å². The first kappa shape index (κ1) is 18.1. The molecular formula is C18H28N4O2. The van der Waals surface area contributed by atoms with Crippen LogP contribution < -0.4 is 16.0 Å². The average molecular weight is 332 g/mol. The molecule has 2 rings (SSSR count). The summed E-state index contributed by atoms with van der Waals surface area (Å²) in [5.41, 5.74) is 1.85. The zero-order valence-electron chi connectivity index (χ0n) is 14.8. The number of rotatable bonds is 5. The summed E-state index contributed by atoms with van der Waals surface area (Å²) in [6.45, 7) is 7.88. The lowest BCUT2D eigenvalue weighted by atomic mass is 10.0. The molecule has 3 amide bonds. The van der Waals surface area contributed by atoms with E-state index in [0.717, 1.165) is 37.3 Å². The van der Waals surface area contributed by atoms with Crippen molar-refractivity contribution in [3.8, 4) is 0 Å². The molecule has 132 valence electrons. The second-order valence-electron chi connectivity index (χ2n) is 6.46. The van der Waals surface area contributed by atoms with Crippen molar-refractivity contribution in [2.24, 2.45) is 5.92 Å². The standard InChI is InChI=1S/C18H28N4O2/c1-4-19-18(24)22-11-9-16(10-12-22)20-14-5-7-15(8-6-14)21-17(23)13(2)3/h5-8,13,16,20H,4,9-12H2,1-3H3,(H,19,24)(H,21,23). The molecule has 24 heavy (non-hydrogen) atoms. The van der Waals surface area contributed by atoms with Gasteiger partial charge in [0, 0.05) is 43.0 Å². The molecule has 0 saturated carbocycles. The second-order valence-corrected chi connectivity index (χ2v) is 6.46. The van der Waals surface area contributed by atoms with Gasteiger partial charge in [-0.2, -0.15) is 0 Å². The predicted octanol–water partition coefficient (Wildman–Crippen LogP) is 2.89. The number of carbonyl (C=O) groups is 2. The Morgan fingerprint density at radius 2 is 1.71 bits per heavy atom. The lowest BCUT2D eigenvalue weighted by Crippen LogP contribution is -2.46. The fourth-order valence-electron chi connectivity index (χ4n) is 2.66. The van der Waals surface area contributed by atoms with Crippen molar-refractivity contribution in [2.75, 3.05) is 30.3 Å². The highest BCUT2D eigenvalue weighted by molar-refractivity contribution is 5.92. The summed E-state index contributed by atoms with van der Waals surface area (Å²) in [5.74, 6) is -0.00803. The maximum absolute atomic E-state index is 11.8. The maximum Gasteiger partial charge on any atom is 0.317 e. The molecule has 0 atom stereocenters. The Bertz CT molecular complexity index is 549. The molecule has 6 heteroatoms. The number of nitrogens with zero attached hydrogens (tertiary/aromatic N) is 1. The first-order valence-electron chi connectivity index (χ1n) is 8.69. The van der Waals surface area contributed by atoms with Crippen molar-refractivity contribution in [1.29, 1.82) is 0 Å². The Morgan fingerprint density at radius 3 is 2.25 bits per heavy atom. The van der Waals surface area contributed by atoms with Crippen LogP contribution in [0.5, 0.6) is 0 Å². The molecular weight excluding hydrogens is 304 g/mol. The zero-order valence-corrected chi connectivity index (χ0v) is 14.8. The number of amides is 3. The van der Waals surface area contributed by atoms with Crippen LogP contribution in [0.25, 0.3) is 0 Å². The van der Waals surface area contributed by atoms with E-state index >= 15 is 0 Å². The van der Waals surface area contributed by atoms with E-state index in [0.29, 0.717) is 12.6 Å². The third kappa shape index (κ3) is 5.15. The van der Waals surface area contributed by atoms with Gasteiger partial charge in [-0.1, -0.05) is 13.8 Å². The number of likely N-dealkylation sites (tertiary alicyclic amines) is 1. The monoisotopic (exact) mass is 332 g/mol. The molecule has 0 unspecified atom stereocenters. The van der Waals surface area contributed by atoms with Crippen molar-refractivity contribution in [2.45, 2.75) is 39.7 Å². The molecule has 1 aliphatic heterocycles. The molecule has 0 aromatic heterocycles. The highest BCUT2D eigenvalue weighted by Gasteiger charge is 2.22. The summed E-state index contributed by atoms with van der Waals surface area (Å²) in [4.78, 5) is 25.3. The van der Waals surface area contributed by atoms with Crippen molar-refractivity contribution in [3.63, 3.8) is 0 Å². The number of anilines is 2. The number of benzene rings is 1. The lowest BCUT2D eigenvalue weighted by Gasteiger charge is -2.32. The van der Waals surface area contributed by atoms with Crippen LogP contribution in [0, 0.1) is 5.92 Å². The van der Waals surface area contributed by atoms with Crippen LogP contribution in [0.4, 0.5) is 16.2 Å². The number of piperidine rings is 1. The fourth-order valence-corrected chi connectivity index (χ4v) is 2.66. The molecule has 3 N–H and O–H groups in total. The van der Waals surface area contributed by atoms with Gasteiger partial charge in [-0.25, -0.2) is 4.79 Å². The van der Waals surface area contributed by atoms with Crippen LogP contribution in [0.1, 0.15) is 33.6 Å². The van der Waals surface area contributed by atoms with Crippen molar-refractivity contribution >= 4 is 23.3 Å². The minimum Gasteiger partial charge on any atom is -0.382 e. The Hall–Kier alpha value is -2.24. The molecule has 0 spiro atoms. The molecule has 1 heterocycles. The van der Waals surface area contributed by atoms with E-state index in [2.05, 4.69) is 16.0 Å². The summed E-state index contributed by atoms with van der Waals surface area (Å²) in [6, 6.07) is 8.17.